The summed E-state index contributed by atoms with van der Waals surface area (Å²) < 4.78 is 2.58. The highest BCUT2D eigenvalue weighted by molar-refractivity contribution is 9.10. The minimum absolute atomic E-state index is 0.0704. The number of fused-ring (bicyclic) bond motifs is 1. The molecule has 0 unspecified atom stereocenters. The number of halogens is 2. The number of hydrogen-bond donors (Lipinski definition) is 1. The first-order chi connectivity index (χ1) is 11.0. The summed E-state index contributed by atoms with van der Waals surface area (Å²) in [5, 5.41) is 3.92. The van der Waals surface area contributed by atoms with Gasteiger partial charge in [0.05, 0.1) is 5.52 Å². The Bertz CT molecular complexity index is 953. The summed E-state index contributed by atoms with van der Waals surface area (Å²) in [7, 11) is 0. The molecule has 1 N–H and O–H groups in total. The lowest BCUT2D eigenvalue weighted by molar-refractivity contribution is -0.116. The largest absolute Gasteiger partial charge is 0.338 e. The highest BCUT2D eigenvalue weighted by atomic mass is 79.9. The molecule has 0 bridgehead atoms. The van der Waals surface area contributed by atoms with Gasteiger partial charge in [-0.1, -0.05) is 33.6 Å². The van der Waals surface area contributed by atoms with Crippen LogP contribution in [0.3, 0.4) is 0 Å². The summed E-state index contributed by atoms with van der Waals surface area (Å²) in [4.78, 5) is 24.2. The summed E-state index contributed by atoms with van der Waals surface area (Å²) in [5.41, 5.74) is 1.26. The second kappa shape index (κ2) is 6.56. The molecule has 0 aliphatic rings. The van der Waals surface area contributed by atoms with Gasteiger partial charge in [0.2, 0.25) is 5.91 Å². The number of anilines is 1. The van der Waals surface area contributed by atoms with Gasteiger partial charge in [-0.15, -0.1) is 0 Å². The third-order valence-corrected chi connectivity index (χ3v) is 4.09. The summed E-state index contributed by atoms with van der Waals surface area (Å²) in [6.07, 6.45) is 1.62. The van der Waals surface area contributed by atoms with Crippen molar-refractivity contribution in [2.45, 2.75) is 6.54 Å². The predicted octanol–water partition coefficient (Wildman–Crippen LogP) is 4.06. The van der Waals surface area contributed by atoms with E-state index in [1.165, 1.54) is 6.07 Å². The van der Waals surface area contributed by atoms with E-state index in [0.717, 1.165) is 4.47 Å². The van der Waals surface area contributed by atoms with E-state index in [9.17, 15) is 9.59 Å². The van der Waals surface area contributed by atoms with Gasteiger partial charge in [0.1, 0.15) is 6.54 Å². The van der Waals surface area contributed by atoms with Gasteiger partial charge >= 0.3 is 0 Å². The zero-order valence-electron chi connectivity index (χ0n) is 11.9. The lowest BCUT2D eigenvalue weighted by atomic mass is 10.2. The summed E-state index contributed by atoms with van der Waals surface area (Å²) in [6.45, 7) is 0.0970. The molecule has 0 atom stereocenters. The number of aromatic nitrogens is 1. The van der Waals surface area contributed by atoms with Gasteiger partial charge in [-0.2, -0.15) is 0 Å². The van der Waals surface area contributed by atoms with Crippen molar-refractivity contribution in [3.63, 3.8) is 0 Å². The number of carbonyl (C=O) groups is 1. The normalized spacial score (nSPS) is 10.7. The first-order valence-corrected chi connectivity index (χ1v) is 8.04. The Hall–Kier alpha value is -2.11. The van der Waals surface area contributed by atoms with Crippen LogP contribution < -0.4 is 10.7 Å². The summed E-state index contributed by atoms with van der Waals surface area (Å²) in [6, 6.07) is 13.8. The fourth-order valence-electron chi connectivity index (χ4n) is 2.34. The molecule has 1 aromatic heterocycles. The van der Waals surface area contributed by atoms with Gasteiger partial charge in [0.15, 0.2) is 5.43 Å². The Morgan fingerprint density at radius 2 is 2.00 bits per heavy atom. The molecule has 23 heavy (non-hydrogen) atoms. The van der Waals surface area contributed by atoms with E-state index < -0.39 is 0 Å². The molecule has 3 aromatic rings. The average molecular weight is 392 g/mol. The molecule has 0 saturated carbocycles. The third-order valence-electron chi connectivity index (χ3n) is 3.36. The number of hydrogen-bond acceptors (Lipinski definition) is 2. The molecule has 0 aliphatic heterocycles. The fraction of sp³-hybridized carbons (Fsp3) is 0.0588. The maximum absolute atomic E-state index is 12.2. The van der Waals surface area contributed by atoms with Crippen LogP contribution in [0.15, 0.2) is 64.0 Å². The molecule has 1 heterocycles. The van der Waals surface area contributed by atoms with Crippen LogP contribution in [0.2, 0.25) is 5.02 Å². The Labute approximate surface area is 145 Å². The molecular formula is C17H12BrClN2O2. The maximum Gasteiger partial charge on any atom is 0.244 e. The van der Waals surface area contributed by atoms with Crippen molar-refractivity contribution in [2.75, 3.05) is 5.32 Å². The van der Waals surface area contributed by atoms with E-state index in [0.29, 0.717) is 21.6 Å². The number of pyridine rings is 1. The van der Waals surface area contributed by atoms with E-state index in [2.05, 4.69) is 21.2 Å². The molecule has 6 heteroatoms. The van der Waals surface area contributed by atoms with Crippen molar-refractivity contribution < 1.29 is 4.79 Å². The zero-order chi connectivity index (χ0) is 16.4. The number of nitrogens with one attached hydrogen (secondary N) is 1. The van der Waals surface area contributed by atoms with Gasteiger partial charge in [0, 0.05) is 32.8 Å². The van der Waals surface area contributed by atoms with Crippen LogP contribution in [-0.4, -0.2) is 10.5 Å². The molecule has 0 radical (unpaired) electrons. The summed E-state index contributed by atoms with van der Waals surface area (Å²) >= 11 is 9.29. The van der Waals surface area contributed by atoms with Crippen LogP contribution in [0.25, 0.3) is 10.9 Å². The molecule has 2 aromatic carbocycles. The van der Waals surface area contributed by atoms with Crippen LogP contribution in [0.1, 0.15) is 0 Å². The second-order valence-corrected chi connectivity index (χ2v) is 6.38. The van der Waals surface area contributed by atoms with Gasteiger partial charge in [0.25, 0.3) is 0 Å². The number of nitrogens with zero attached hydrogens (tertiary/aromatic N) is 1. The van der Waals surface area contributed by atoms with Crippen LogP contribution in [0, 0.1) is 0 Å². The number of amides is 1. The van der Waals surface area contributed by atoms with Crippen LogP contribution >= 0.6 is 27.5 Å². The predicted molar refractivity (Wildman–Crippen MR) is 96.0 cm³/mol. The van der Waals surface area contributed by atoms with Gasteiger partial charge in [-0.25, -0.2) is 0 Å². The Balaban J connectivity index is 1.89. The van der Waals surface area contributed by atoms with Crippen LogP contribution in [0.4, 0.5) is 5.69 Å². The van der Waals surface area contributed by atoms with E-state index in [1.54, 1.807) is 47.2 Å². The van der Waals surface area contributed by atoms with Crippen LogP contribution in [0.5, 0.6) is 0 Å². The number of benzene rings is 2. The standard InChI is InChI=1S/C17H12BrClN2O2/c18-11-4-5-14-15(8-11)21(7-6-16(14)22)10-17(23)20-13-3-1-2-12(19)9-13/h1-9H,10H2,(H,20,23). The molecule has 0 aliphatic carbocycles. The summed E-state index contributed by atoms with van der Waals surface area (Å²) in [5.74, 6) is -0.197. The fourth-order valence-corrected chi connectivity index (χ4v) is 2.88. The Morgan fingerprint density at radius 3 is 2.78 bits per heavy atom. The monoisotopic (exact) mass is 390 g/mol. The van der Waals surface area contributed by atoms with Crippen molar-refractivity contribution in [1.82, 2.24) is 4.57 Å². The highest BCUT2D eigenvalue weighted by Gasteiger charge is 2.08. The third kappa shape index (κ3) is 3.63. The van der Waals surface area contributed by atoms with Gasteiger partial charge in [-0.3, -0.25) is 9.59 Å². The molecule has 1 amide bonds. The molecule has 0 spiro atoms. The minimum Gasteiger partial charge on any atom is -0.338 e. The van der Waals surface area contributed by atoms with Gasteiger partial charge < -0.3 is 9.88 Å². The van der Waals surface area contributed by atoms with Crippen molar-refractivity contribution in [3.05, 3.63) is 74.4 Å². The van der Waals surface area contributed by atoms with E-state index in [-0.39, 0.29) is 17.9 Å². The molecule has 3 rings (SSSR count). The first-order valence-electron chi connectivity index (χ1n) is 6.87. The highest BCUT2D eigenvalue weighted by Crippen LogP contribution is 2.18. The van der Waals surface area contributed by atoms with Crippen molar-refractivity contribution >= 4 is 50.0 Å². The quantitative estimate of drug-likeness (QED) is 0.732. The molecule has 0 fully saturated rings. The van der Waals surface area contributed by atoms with E-state index in [1.807, 2.05) is 6.07 Å². The topological polar surface area (TPSA) is 51.1 Å². The first kappa shape index (κ1) is 15.8. The molecule has 0 saturated heterocycles. The van der Waals surface area contributed by atoms with E-state index in [4.69, 9.17) is 11.6 Å². The average Bonchev–Trinajstić information content (AvgIpc) is 2.50. The molecule has 4 nitrogen and oxygen atoms in total. The number of carbonyl (C=O) groups excluding carboxylic acids is 1. The zero-order valence-corrected chi connectivity index (χ0v) is 14.3. The lowest BCUT2D eigenvalue weighted by Gasteiger charge is -2.11. The van der Waals surface area contributed by atoms with Crippen molar-refractivity contribution in [3.8, 4) is 0 Å². The van der Waals surface area contributed by atoms with Crippen molar-refractivity contribution in [2.24, 2.45) is 0 Å². The van der Waals surface area contributed by atoms with Crippen molar-refractivity contribution in [1.29, 1.82) is 0 Å². The van der Waals surface area contributed by atoms with Gasteiger partial charge in [-0.05, 0) is 36.4 Å². The second-order valence-electron chi connectivity index (χ2n) is 5.03. The maximum atomic E-state index is 12.2. The lowest BCUT2D eigenvalue weighted by Crippen LogP contribution is -2.20. The smallest absolute Gasteiger partial charge is 0.244 e. The number of rotatable bonds is 3. The minimum atomic E-state index is -0.197. The Kier molecular flexibility index (Phi) is 4.50. The molecular weight excluding hydrogens is 380 g/mol. The molecule has 116 valence electrons. The van der Waals surface area contributed by atoms with Crippen LogP contribution in [-0.2, 0) is 11.3 Å². The SMILES string of the molecule is O=C(Cn1ccc(=O)c2ccc(Br)cc21)Nc1cccc(Cl)c1. The Morgan fingerprint density at radius 1 is 1.17 bits per heavy atom. The van der Waals surface area contributed by atoms with E-state index >= 15 is 0 Å².